The minimum Gasteiger partial charge on any atom is -0.0683 e. The van der Waals surface area contributed by atoms with Crippen LogP contribution in [0.1, 0.15) is 206 Å². The number of hydrogen-bond acceptors (Lipinski definition) is 0. The molecule has 30 heavy (non-hydrogen) atoms. The molecule has 0 amide bonds. The summed E-state index contributed by atoms with van der Waals surface area (Å²) in [6, 6.07) is 0. The molecule has 0 aliphatic carbocycles. The van der Waals surface area contributed by atoms with E-state index >= 15 is 0 Å². The SMILES string of the molecule is CC.CC.CC.CC.CC.CC.CC.CC.CC.CCC.CCC.CCC.CCC. The van der Waals surface area contributed by atoms with Gasteiger partial charge in [0.15, 0.2) is 0 Å². The maximum atomic E-state index is 2.12. The Balaban J connectivity index is -0.00000000955. The number of hydrogen-bond donors (Lipinski definition) is 0. The van der Waals surface area contributed by atoms with Crippen molar-refractivity contribution in [1.82, 2.24) is 0 Å². The van der Waals surface area contributed by atoms with Crippen molar-refractivity contribution in [2.24, 2.45) is 0 Å². The van der Waals surface area contributed by atoms with Gasteiger partial charge in [-0.25, -0.2) is 0 Å². The molecule has 0 nitrogen and oxygen atoms in total. The average Bonchev–Trinajstić information content (AvgIpc) is 2.87. The third-order valence-corrected chi connectivity index (χ3v) is 0. The molecule has 0 aliphatic rings. The molecule has 206 valence electrons. The molecule has 0 heteroatoms. The standard InChI is InChI=1S/4C3H8.9C2H6/c4*1-3-2;9*1-2/h4*3H2,1-2H3;9*1-2H3. The van der Waals surface area contributed by atoms with Gasteiger partial charge in [0.25, 0.3) is 0 Å². The molecule has 0 spiro atoms. The van der Waals surface area contributed by atoms with Gasteiger partial charge in [-0.1, -0.05) is 206 Å². The minimum atomic E-state index is 1.25. The van der Waals surface area contributed by atoms with Gasteiger partial charge >= 0.3 is 0 Å². The third kappa shape index (κ3) is 0. The van der Waals surface area contributed by atoms with Crippen molar-refractivity contribution in [3.8, 4) is 0 Å². The molecule has 0 saturated carbocycles. The van der Waals surface area contributed by atoms with Crippen LogP contribution in [0.5, 0.6) is 0 Å². The van der Waals surface area contributed by atoms with Crippen molar-refractivity contribution in [2.75, 3.05) is 0 Å². The summed E-state index contributed by atoms with van der Waals surface area (Å²) in [7, 11) is 0. The Bertz CT molecular complexity index is 8.00. The van der Waals surface area contributed by atoms with Gasteiger partial charge in [0.2, 0.25) is 0 Å². The van der Waals surface area contributed by atoms with Crippen LogP contribution < -0.4 is 0 Å². The maximum absolute atomic E-state index is 2.12. The molecule has 0 radical (unpaired) electrons. The van der Waals surface area contributed by atoms with E-state index in [2.05, 4.69) is 55.4 Å². The Labute approximate surface area is 205 Å². The summed E-state index contributed by atoms with van der Waals surface area (Å²) in [5.41, 5.74) is 0. The van der Waals surface area contributed by atoms with Crippen LogP contribution >= 0.6 is 0 Å². The van der Waals surface area contributed by atoms with Crippen molar-refractivity contribution in [1.29, 1.82) is 0 Å². The lowest BCUT2D eigenvalue weighted by Crippen LogP contribution is -1.27. The highest BCUT2D eigenvalue weighted by atomic mass is 13.4. The van der Waals surface area contributed by atoms with E-state index in [4.69, 9.17) is 0 Å². The second kappa shape index (κ2) is 1420. The first-order valence-electron chi connectivity index (χ1n) is 14.7. The van der Waals surface area contributed by atoms with Crippen LogP contribution in [0.2, 0.25) is 0 Å². The maximum Gasteiger partial charge on any atom is -0.0590 e. The van der Waals surface area contributed by atoms with Crippen molar-refractivity contribution in [3.63, 3.8) is 0 Å². The predicted octanol–water partition coefficient (Wildman–Crippen LogP) is 14.9. The van der Waals surface area contributed by atoms with E-state index < -0.39 is 0 Å². The molecule has 0 aromatic carbocycles. The van der Waals surface area contributed by atoms with E-state index in [0.717, 1.165) is 0 Å². The molecule has 0 heterocycles. The van der Waals surface area contributed by atoms with Crippen LogP contribution in [0.25, 0.3) is 0 Å². The van der Waals surface area contributed by atoms with E-state index in [0.29, 0.717) is 0 Å². The molecule has 0 aromatic heterocycles. The van der Waals surface area contributed by atoms with Crippen molar-refractivity contribution < 1.29 is 0 Å². The molecule has 0 aliphatic heterocycles. The lowest BCUT2D eigenvalue weighted by molar-refractivity contribution is 1.09. The Morgan fingerprint density at radius 2 is 0.167 bits per heavy atom. The van der Waals surface area contributed by atoms with E-state index in [1.807, 2.05) is 125 Å². The Kier molecular flexibility index (Phi) is 4140. The van der Waals surface area contributed by atoms with Crippen LogP contribution in [0.15, 0.2) is 0 Å². The molecule has 0 fully saturated rings. The van der Waals surface area contributed by atoms with Gasteiger partial charge in [-0.2, -0.15) is 0 Å². The summed E-state index contributed by atoms with van der Waals surface area (Å²) in [6.45, 7) is 53.0. The van der Waals surface area contributed by atoms with Crippen LogP contribution in [0.4, 0.5) is 0 Å². The summed E-state index contributed by atoms with van der Waals surface area (Å²) < 4.78 is 0. The van der Waals surface area contributed by atoms with Crippen LogP contribution in [-0.2, 0) is 0 Å². The zero-order valence-electron chi connectivity index (χ0n) is 28.8. The third-order valence-electron chi connectivity index (χ3n) is 0. The van der Waals surface area contributed by atoms with Crippen molar-refractivity contribution >= 4 is 0 Å². The van der Waals surface area contributed by atoms with Gasteiger partial charge in [0.05, 0.1) is 0 Å². The second-order valence-corrected chi connectivity index (χ2v) is 2.83. The molecule has 0 atom stereocenters. The summed E-state index contributed by atoms with van der Waals surface area (Å²) in [6.07, 6.45) is 5.00. The van der Waals surface area contributed by atoms with Gasteiger partial charge in [-0.3, -0.25) is 0 Å². The normalized spacial score (nSPS) is 4.20. The first-order chi connectivity index (χ1) is 14.7. The van der Waals surface area contributed by atoms with E-state index in [-0.39, 0.29) is 0 Å². The van der Waals surface area contributed by atoms with E-state index in [1.54, 1.807) is 0 Å². The van der Waals surface area contributed by atoms with Gasteiger partial charge in [-0.15, -0.1) is 0 Å². The van der Waals surface area contributed by atoms with Crippen molar-refractivity contribution in [3.05, 3.63) is 0 Å². The van der Waals surface area contributed by atoms with E-state index in [9.17, 15) is 0 Å². The predicted molar refractivity (Wildman–Crippen MR) is 166 cm³/mol. The fraction of sp³-hybridized carbons (Fsp3) is 1.00. The summed E-state index contributed by atoms with van der Waals surface area (Å²) in [5, 5.41) is 0. The fourth-order valence-electron chi connectivity index (χ4n) is 0. The van der Waals surface area contributed by atoms with Gasteiger partial charge in [0.1, 0.15) is 0 Å². The fourth-order valence-corrected chi connectivity index (χ4v) is 0. The molecular formula is C30H86. The molecule has 0 N–H and O–H groups in total. The minimum absolute atomic E-state index is 1.25. The Morgan fingerprint density at radius 1 is 0.167 bits per heavy atom. The summed E-state index contributed by atoms with van der Waals surface area (Å²) in [4.78, 5) is 0. The molecule has 0 bridgehead atoms. The van der Waals surface area contributed by atoms with Crippen LogP contribution in [0, 0.1) is 0 Å². The highest BCUT2D eigenvalue weighted by Gasteiger charge is 1.36. The zero-order valence-corrected chi connectivity index (χ0v) is 28.8. The Hall–Kier alpha value is 0. The molecular weight excluding hydrogens is 360 g/mol. The largest absolute Gasteiger partial charge is 0.0683 e. The Morgan fingerprint density at radius 3 is 0.167 bits per heavy atom. The van der Waals surface area contributed by atoms with Gasteiger partial charge < -0.3 is 0 Å². The molecule has 0 rings (SSSR count). The molecule has 0 aromatic rings. The quantitative estimate of drug-likeness (QED) is 0.347. The lowest BCUT2D eigenvalue weighted by Gasteiger charge is -1.48. The topological polar surface area (TPSA) is 0 Å². The highest BCUT2D eigenvalue weighted by molar-refractivity contribution is 3.93. The van der Waals surface area contributed by atoms with Gasteiger partial charge in [-0.05, 0) is 0 Å². The first kappa shape index (κ1) is 87.3. The zero-order chi connectivity index (χ0) is 28.8. The smallest absolute Gasteiger partial charge is 0.0590 e. The molecule has 0 unspecified atom stereocenters. The lowest BCUT2D eigenvalue weighted by atomic mass is 10.6. The second-order valence-electron chi connectivity index (χ2n) is 2.83. The van der Waals surface area contributed by atoms with Crippen molar-refractivity contribution in [2.45, 2.75) is 206 Å². The monoisotopic (exact) mass is 447 g/mol. The first-order valence-corrected chi connectivity index (χ1v) is 14.7. The van der Waals surface area contributed by atoms with Crippen LogP contribution in [-0.4, -0.2) is 0 Å². The average molecular weight is 447 g/mol. The molecule has 0 saturated heterocycles. The van der Waals surface area contributed by atoms with Crippen LogP contribution in [0.3, 0.4) is 0 Å². The van der Waals surface area contributed by atoms with Gasteiger partial charge in [0, 0.05) is 0 Å². The summed E-state index contributed by atoms with van der Waals surface area (Å²) in [5.74, 6) is 0. The summed E-state index contributed by atoms with van der Waals surface area (Å²) >= 11 is 0. The highest BCUT2D eigenvalue weighted by Crippen LogP contribution is 1.57. The van der Waals surface area contributed by atoms with E-state index in [1.165, 1.54) is 25.7 Å². The number of rotatable bonds is 0.